The summed E-state index contributed by atoms with van der Waals surface area (Å²) in [5.41, 5.74) is -4.65. The van der Waals surface area contributed by atoms with E-state index >= 15 is 0 Å². The van der Waals surface area contributed by atoms with E-state index in [0.717, 1.165) is 33.9 Å². The Hall–Kier alpha value is -4.31. The summed E-state index contributed by atoms with van der Waals surface area (Å²) >= 11 is 0. The van der Waals surface area contributed by atoms with Crippen LogP contribution in [-0.4, -0.2) is 53.3 Å². The molecule has 11 nitrogen and oxygen atoms in total. The first-order chi connectivity index (χ1) is 19.6. The van der Waals surface area contributed by atoms with Crippen molar-refractivity contribution in [1.82, 2.24) is 34.8 Å². The van der Waals surface area contributed by atoms with Gasteiger partial charge in [-0.25, -0.2) is 13.9 Å². The molecule has 0 aromatic carbocycles. The molecule has 3 rings (SSSR count). The van der Waals surface area contributed by atoms with Crippen LogP contribution in [0.5, 0.6) is 0 Å². The third-order valence-electron chi connectivity index (χ3n) is 5.81. The summed E-state index contributed by atoms with van der Waals surface area (Å²) in [6.07, 6.45) is -2.89. The Bertz CT molecular complexity index is 1510. The number of halogens is 6. The fraction of sp³-hybridized carbons (Fsp3) is 0.500. The van der Waals surface area contributed by atoms with Gasteiger partial charge in [-0.15, -0.1) is 0 Å². The van der Waals surface area contributed by atoms with Gasteiger partial charge in [-0.1, -0.05) is 0 Å². The van der Waals surface area contributed by atoms with E-state index in [1.54, 1.807) is 20.8 Å². The minimum absolute atomic E-state index is 0.0785. The smallest absolute Gasteiger partial charge is 0.435 e. The monoisotopic (exact) mass is 619 g/mol. The summed E-state index contributed by atoms with van der Waals surface area (Å²) < 4.78 is 88.3. The summed E-state index contributed by atoms with van der Waals surface area (Å²) in [5, 5.41) is 12.1. The maximum Gasteiger partial charge on any atom is 0.435 e. The maximum atomic E-state index is 14.2. The zero-order valence-corrected chi connectivity index (χ0v) is 24.1. The third kappa shape index (κ3) is 8.84. The van der Waals surface area contributed by atoms with Gasteiger partial charge in [0.05, 0.1) is 24.0 Å². The number of nitrogens with zero attached hydrogens (tertiary/aromatic N) is 5. The van der Waals surface area contributed by atoms with Crippen molar-refractivity contribution in [3.05, 3.63) is 58.2 Å². The number of alkyl halides is 5. The molecular formula is C26H31F6N7O4. The second kappa shape index (κ2) is 12.1. The second-order valence-corrected chi connectivity index (χ2v) is 11.4. The van der Waals surface area contributed by atoms with Crippen LogP contribution >= 0.6 is 0 Å². The molecule has 0 bridgehead atoms. The first kappa shape index (κ1) is 33.2. The van der Waals surface area contributed by atoms with Crippen molar-refractivity contribution < 1.29 is 40.7 Å². The van der Waals surface area contributed by atoms with Crippen molar-refractivity contribution in [2.75, 3.05) is 0 Å². The molecule has 0 unspecified atom stereocenters. The highest BCUT2D eigenvalue weighted by Gasteiger charge is 2.37. The second-order valence-electron chi connectivity index (χ2n) is 11.4. The summed E-state index contributed by atoms with van der Waals surface area (Å²) in [6.45, 7) is 4.37. The average Bonchev–Trinajstić information content (AvgIpc) is 3.47. The lowest BCUT2D eigenvalue weighted by Gasteiger charge is -2.30. The van der Waals surface area contributed by atoms with E-state index < -0.39 is 59.0 Å². The van der Waals surface area contributed by atoms with Crippen molar-refractivity contribution in [3.63, 3.8) is 0 Å². The fourth-order valence-corrected chi connectivity index (χ4v) is 4.04. The lowest BCUT2D eigenvalue weighted by atomic mass is 10.0. The number of hydrogen-bond donors (Lipinski definition) is 2. The van der Waals surface area contributed by atoms with E-state index in [4.69, 9.17) is 4.74 Å². The molecule has 0 saturated heterocycles. The number of alkyl carbamates (subject to hydrolysis) is 1. The van der Waals surface area contributed by atoms with Crippen LogP contribution in [0.2, 0.25) is 0 Å². The summed E-state index contributed by atoms with van der Waals surface area (Å²) in [5.74, 6) is -2.02. The zero-order valence-electron chi connectivity index (χ0n) is 24.1. The van der Waals surface area contributed by atoms with Crippen LogP contribution in [0.4, 0.5) is 31.1 Å². The summed E-state index contributed by atoms with van der Waals surface area (Å²) in [4.78, 5) is 37.7. The van der Waals surface area contributed by atoms with Gasteiger partial charge in [-0.3, -0.25) is 14.3 Å². The van der Waals surface area contributed by atoms with Gasteiger partial charge in [0.2, 0.25) is 5.91 Å². The lowest BCUT2D eigenvalue weighted by Crippen LogP contribution is -2.55. The van der Waals surface area contributed by atoms with Crippen LogP contribution in [0, 0.1) is 5.82 Å². The van der Waals surface area contributed by atoms with Gasteiger partial charge in [0.25, 0.3) is 5.56 Å². The molecule has 3 aromatic rings. The number of rotatable bonds is 9. The van der Waals surface area contributed by atoms with Crippen molar-refractivity contribution in [2.45, 2.75) is 77.5 Å². The summed E-state index contributed by atoms with van der Waals surface area (Å²) in [7, 11) is 1.23. The molecule has 236 valence electrons. The zero-order chi connectivity index (χ0) is 32.5. The van der Waals surface area contributed by atoms with Crippen molar-refractivity contribution in [2.24, 2.45) is 7.05 Å². The van der Waals surface area contributed by atoms with Crippen LogP contribution in [0.15, 0.2) is 35.5 Å². The van der Waals surface area contributed by atoms with Gasteiger partial charge >= 0.3 is 18.8 Å². The number of ether oxygens (including phenoxy) is 1. The molecule has 43 heavy (non-hydrogen) atoms. The quantitative estimate of drug-likeness (QED) is 0.349. The Morgan fingerprint density at radius 3 is 2.26 bits per heavy atom. The highest BCUT2D eigenvalue weighted by Crippen LogP contribution is 2.32. The molecule has 3 heterocycles. The van der Waals surface area contributed by atoms with Crippen LogP contribution in [0.1, 0.15) is 52.4 Å². The Labute approximate surface area is 241 Å². The molecule has 2 amide bonds. The number of nitrogens with one attached hydrogen (secondary N) is 2. The topological polar surface area (TPSA) is 125 Å². The van der Waals surface area contributed by atoms with E-state index in [2.05, 4.69) is 20.8 Å². The van der Waals surface area contributed by atoms with Crippen LogP contribution < -0.4 is 16.2 Å². The molecule has 0 radical (unpaired) electrons. The van der Waals surface area contributed by atoms with Crippen molar-refractivity contribution >= 4 is 12.0 Å². The fourth-order valence-electron chi connectivity index (χ4n) is 4.04. The van der Waals surface area contributed by atoms with E-state index in [0.29, 0.717) is 10.7 Å². The molecule has 3 aromatic heterocycles. The Morgan fingerprint density at radius 2 is 1.72 bits per heavy atom. The number of hydrogen-bond acceptors (Lipinski definition) is 6. The van der Waals surface area contributed by atoms with Crippen LogP contribution in [0.3, 0.4) is 0 Å². The molecule has 0 fully saturated rings. The maximum absolute atomic E-state index is 14.2. The molecule has 0 aliphatic rings. The Kier molecular flexibility index (Phi) is 9.36. The number of carbonyl (C=O) groups excluding carboxylic acids is 2. The largest absolute Gasteiger partial charge is 0.444 e. The Morgan fingerprint density at radius 1 is 1.07 bits per heavy atom. The molecule has 1 atom stereocenters. The van der Waals surface area contributed by atoms with Crippen LogP contribution in [-0.2, 0) is 35.7 Å². The van der Waals surface area contributed by atoms with Gasteiger partial charge in [-0.05, 0) is 52.3 Å². The van der Waals surface area contributed by atoms with Crippen LogP contribution in [0.25, 0.3) is 11.3 Å². The lowest BCUT2D eigenvalue weighted by molar-refractivity contribution is -0.141. The minimum atomic E-state index is -4.86. The molecule has 0 aliphatic heterocycles. The first-order valence-electron chi connectivity index (χ1n) is 12.8. The van der Waals surface area contributed by atoms with E-state index in [9.17, 15) is 40.7 Å². The number of pyridine rings is 1. The van der Waals surface area contributed by atoms with Crippen molar-refractivity contribution in [3.8, 4) is 11.3 Å². The average molecular weight is 620 g/mol. The SMILES string of the molecule is Cn1cc(-c2cc(C(F)(F)F)nn2CC(C)(C)NC(=O)[C@@H](Cc2cnn(C(F)F)c2)NC(=O)OC(C)(C)C)cc(F)c1=O. The van der Waals surface area contributed by atoms with Gasteiger partial charge in [-0.2, -0.15) is 32.1 Å². The molecule has 2 N–H and O–H groups in total. The minimum Gasteiger partial charge on any atom is -0.444 e. The molecular weight excluding hydrogens is 588 g/mol. The number of carbonyl (C=O) groups is 2. The third-order valence-corrected chi connectivity index (χ3v) is 5.81. The van der Waals surface area contributed by atoms with E-state index in [1.807, 2.05) is 0 Å². The first-order valence-corrected chi connectivity index (χ1v) is 12.8. The van der Waals surface area contributed by atoms with Gasteiger partial charge < -0.3 is 19.9 Å². The predicted molar refractivity (Wildman–Crippen MR) is 140 cm³/mol. The molecule has 0 saturated carbocycles. The normalized spacial score (nSPS) is 13.2. The molecule has 0 spiro atoms. The predicted octanol–water partition coefficient (Wildman–Crippen LogP) is 4.03. The summed E-state index contributed by atoms with van der Waals surface area (Å²) in [6, 6.07) is 0.0945. The standard InChI is InChI=1S/C26H31F6N7O4/c1-24(2,3)43-23(42)34-17(7-14-10-33-38(11-14)22(28)29)20(40)35-25(4,5)13-39-18(9-19(36-39)26(30,31)32)15-8-16(27)21(41)37(6)12-15/h8-12,17,22H,7,13H2,1-6H3,(H,34,42)(H,35,40)/t17-/m1/s1. The van der Waals surface area contributed by atoms with Gasteiger partial charge in [0.15, 0.2) is 11.5 Å². The highest BCUT2D eigenvalue weighted by molar-refractivity contribution is 5.86. The van der Waals surface area contributed by atoms with Gasteiger partial charge in [0, 0.05) is 31.4 Å². The van der Waals surface area contributed by atoms with Gasteiger partial charge in [0.1, 0.15) is 11.6 Å². The Balaban J connectivity index is 1.92. The molecule has 17 heteroatoms. The number of aromatic nitrogens is 5. The van der Waals surface area contributed by atoms with E-state index in [1.165, 1.54) is 20.9 Å². The number of amides is 2. The molecule has 0 aliphatic carbocycles. The number of aryl methyl sites for hydroxylation is 1. The highest BCUT2D eigenvalue weighted by atomic mass is 19.4. The van der Waals surface area contributed by atoms with E-state index in [-0.39, 0.29) is 29.8 Å². The van der Waals surface area contributed by atoms with Crippen molar-refractivity contribution in [1.29, 1.82) is 0 Å².